The van der Waals surface area contributed by atoms with E-state index in [1.54, 1.807) is 6.92 Å². The van der Waals surface area contributed by atoms with Crippen LogP contribution in [0.3, 0.4) is 0 Å². The van der Waals surface area contributed by atoms with E-state index in [1.807, 2.05) is 0 Å². The van der Waals surface area contributed by atoms with Crippen LogP contribution in [0.1, 0.15) is 29.7 Å². The minimum atomic E-state index is -1.98. The number of tetrazole rings is 1. The second-order valence-electron chi connectivity index (χ2n) is 7.54. The van der Waals surface area contributed by atoms with Crippen molar-refractivity contribution in [1.82, 2.24) is 30.0 Å². The molecule has 4 rings (SSSR count). The van der Waals surface area contributed by atoms with Crippen LogP contribution in [0.25, 0.3) is 0 Å². The summed E-state index contributed by atoms with van der Waals surface area (Å²) in [6.07, 6.45) is 2.60. The van der Waals surface area contributed by atoms with Crippen molar-refractivity contribution in [1.29, 1.82) is 0 Å². The minimum Gasteiger partial charge on any atom is -0.382 e. The van der Waals surface area contributed by atoms with Gasteiger partial charge in [0.2, 0.25) is 0 Å². The normalized spacial score (nSPS) is 14.3. The van der Waals surface area contributed by atoms with Gasteiger partial charge >= 0.3 is 0 Å². The fourth-order valence-electron chi connectivity index (χ4n) is 3.61. The number of hydrogen-bond donors (Lipinski definition) is 1. The minimum absolute atomic E-state index is 0.219. The number of rotatable bonds is 7. The van der Waals surface area contributed by atoms with Crippen LogP contribution in [0, 0.1) is 29.1 Å². The SMILES string of the molecule is C[C@@H](c1ccn(Cc2c(F)ccc(F)c2F)n1)[C@](O)(Cn1cnnn1)c1ccc(F)cc1F. The summed E-state index contributed by atoms with van der Waals surface area (Å²) in [5.74, 6) is -6.19. The molecular weight excluding hydrogens is 447 g/mol. The van der Waals surface area contributed by atoms with Gasteiger partial charge in [0.25, 0.3) is 0 Å². The van der Waals surface area contributed by atoms with Crippen molar-refractivity contribution in [2.75, 3.05) is 0 Å². The Morgan fingerprint density at radius 2 is 1.73 bits per heavy atom. The maximum absolute atomic E-state index is 14.7. The number of aliphatic hydroxyl groups is 1. The lowest BCUT2D eigenvalue weighted by Crippen LogP contribution is -2.38. The summed E-state index contributed by atoms with van der Waals surface area (Å²) in [4.78, 5) is 0. The average molecular weight is 464 g/mol. The van der Waals surface area contributed by atoms with Gasteiger partial charge in [-0.2, -0.15) is 5.10 Å². The molecule has 1 N–H and O–H groups in total. The molecule has 0 saturated carbocycles. The first kappa shape index (κ1) is 22.5. The zero-order valence-corrected chi connectivity index (χ0v) is 17.1. The van der Waals surface area contributed by atoms with Crippen molar-refractivity contribution in [3.8, 4) is 0 Å². The molecule has 0 unspecified atom stereocenters. The number of hydrogen-bond acceptors (Lipinski definition) is 5. The highest BCUT2D eigenvalue weighted by atomic mass is 19.2. The molecule has 172 valence electrons. The van der Waals surface area contributed by atoms with Gasteiger partial charge in [0, 0.05) is 29.3 Å². The third kappa shape index (κ3) is 4.33. The molecule has 7 nitrogen and oxygen atoms in total. The first-order valence-corrected chi connectivity index (χ1v) is 9.73. The summed E-state index contributed by atoms with van der Waals surface area (Å²) < 4.78 is 72.0. The van der Waals surface area contributed by atoms with Crippen molar-refractivity contribution in [2.24, 2.45) is 0 Å². The molecule has 0 spiro atoms. The number of nitrogens with zero attached hydrogens (tertiary/aromatic N) is 6. The summed E-state index contributed by atoms with van der Waals surface area (Å²) >= 11 is 0. The Labute approximate surface area is 184 Å². The molecule has 0 saturated heterocycles. The summed E-state index contributed by atoms with van der Waals surface area (Å²) in [6, 6.07) is 5.71. The highest BCUT2D eigenvalue weighted by molar-refractivity contribution is 5.30. The van der Waals surface area contributed by atoms with Crippen molar-refractivity contribution in [3.63, 3.8) is 0 Å². The molecule has 0 aliphatic rings. The molecule has 0 radical (unpaired) electrons. The Morgan fingerprint density at radius 1 is 0.970 bits per heavy atom. The van der Waals surface area contributed by atoms with E-state index in [2.05, 4.69) is 20.6 Å². The summed E-state index contributed by atoms with van der Waals surface area (Å²) in [7, 11) is 0. The molecule has 4 aromatic rings. The van der Waals surface area contributed by atoms with Gasteiger partial charge in [-0.15, -0.1) is 5.10 Å². The fraction of sp³-hybridized carbons (Fsp3) is 0.238. The Hall–Kier alpha value is -3.67. The predicted octanol–water partition coefficient (Wildman–Crippen LogP) is 3.30. The van der Waals surface area contributed by atoms with Crippen molar-refractivity contribution in [3.05, 3.63) is 94.8 Å². The predicted molar refractivity (Wildman–Crippen MR) is 104 cm³/mol. The van der Waals surface area contributed by atoms with Crippen LogP contribution < -0.4 is 0 Å². The van der Waals surface area contributed by atoms with E-state index in [1.165, 1.54) is 23.3 Å². The molecule has 12 heteroatoms. The van der Waals surface area contributed by atoms with Gasteiger partial charge in [-0.25, -0.2) is 26.6 Å². The standard InChI is InChI=1S/C21H17F5N6O/c1-12(19-6-7-31(28-19)9-14-16(23)4-5-17(24)20(14)26)21(33,10-32-11-27-29-30-32)15-3-2-13(22)8-18(15)25/h2-8,11-12,33H,9-10H2,1H3/t12-,21+/m0/s1. The summed E-state index contributed by atoms with van der Waals surface area (Å²) in [5, 5.41) is 26.5. The van der Waals surface area contributed by atoms with Crippen molar-refractivity contribution < 1.29 is 27.1 Å². The molecule has 2 aromatic carbocycles. The third-order valence-corrected chi connectivity index (χ3v) is 5.47. The van der Waals surface area contributed by atoms with E-state index < -0.39 is 52.7 Å². The second-order valence-corrected chi connectivity index (χ2v) is 7.54. The first-order valence-electron chi connectivity index (χ1n) is 9.73. The lowest BCUT2D eigenvalue weighted by Gasteiger charge is -2.33. The lowest BCUT2D eigenvalue weighted by molar-refractivity contribution is -0.0128. The Kier molecular flexibility index (Phi) is 5.93. The number of benzene rings is 2. The molecule has 33 heavy (non-hydrogen) atoms. The molecule has 0 aliphatic heterocycles. The largest absolute Gasteiger partial charge is 0.382 e. The molecule has 2 heterocycles. The van der Waals surface area contributed by atoms with Gasteiger partial charge in [0.1, 0.15) is 29.4 Å². The van der Waals surface area contributed by atoms with E-state index in [-0.39, 0.29) is 17.8 Å². The van der Waals surface area contributed by atoms with E-state index in [0.717, 1.165) is 22.9 Å². The van der Waals surface area contributed by atoms with Gasteiger partial charge in [0.05, 0.1) is 18.8 Å². The fourth-order valence-corrected chi connectivity index (χ4v) is 3.61. The van der Waals surface area contributed by atoms with Gasteiger partial charge in [-0.1, -0.05) is 13.0 Å². The van der Waals surface area contributed by atoms with E-state index >= 15 is 0 Å². The zero-order chi connectivity index (χ0) is 23.8. The average Bonchev–Trinajstić information content (AvgIpc) is 3.45. The summed E-state index contributed by atoms with van der Waals surface area (Å²) in [6.45, 7) is 0.825. The van der Waals surface area contributed by atoms with E-state index in [4.69, 9.17) is 0 Å². The van der Waals surface area contributed by atoms with Crippen LogP contribution in [0.2, 0.25) is 0 Å². The third-order valence-electron chi connectivity index (χ3n) is 5.47. The monoisotopic (exact) mass is 464 g/mol. The van der Waals surface area contributed by atoms with Gasteiger partial charge < -0.3 is 5.11 Å². The van der Waals surface area contributed by atoms with Crippen LogP contribution in [0.4, 0.5) is 22.0 Å². The van der Waals surface area contributed by atoms with Gasteiger partial charge in [0.15, 0.2) is 11.6 Å². The number of halogens is 5. The van der Waals surface area contributed by atoms with Crippen molar-refractivity contribution in [2.45, 2.75) is 31.5 Å². The smallest absolute Gasteiger partial charge is 0.166 e. The van der Waals surface area contributed by atoms with E-state index in [0.29, 0.717) is 12.1 Å². The number of aromatic nitrogens is 6. The Bertz CT molecular complexity index is 1280. The Balaban J connectivity index is 1.70. The highest BCUT2D eigenvalue weighted by Crippen LogP contribution is 2.39. The van der Waals surface area contributed by atoms with Crippen LogP contribution in [0.15, 0.2) is 48.9 Å². The van der Waals surface area contributed by atoms with Crippen LogP contribution in [-0.2, 0) is 18.7 Å². The highest BCUT2D eigenvalue weighted by Gasteiger charge is 2.41. The van der Waals surface area contributed by atoms with Crippen LogP contribution in [-0.4, -0.2) is 35.1 Å². The van der Waals surface area contributed by atoms with E-state index in [9.17, 15) is 27.1 Å². The lowest BCUT2D eigenvalue weighted by atomic mass is 9.80. The second kappa shape index (κ2) is 8.70. The maximum atomic E-state index is 14.7. The molecule has 2 atom stereocenters. The van der Waals surface area contributed by atoms with Crippen LogP contribution >= 0.6 is 0 Å². The molecule has 0 bridgehead atoms. The van der Waals surface area contributed by atoms with Gasteiger partial charge in [-0.3, -0.25) is 4.68 Å². The Morgan fingerprint density at radius 3 is 2.42 bits per heavy atom. The molecule has 0 amide bonds. The van der Waals surface area contributed by atoms with Gasteiger partial charge in [-0.05, 0) is 34.7 Å². The molecule has 0 fully saturated rings. The first-order chi connectivity index (χ1) is 15.7. The topological polar surface area (TPSA) is 81.6 Å². The van der Waals surface area contributed by atoms with Crippen LogP contribution in [0.5, 0.6) is 0 Å². The zero-order valence-electron chi connectivity index (χ0n) is 17.1. The maximum Gasteiger partial charge on any atom is 0.166 e. The van der Waals surface area contributed by atoms with Crippen molar-refractivity contribution >= 4 is 0 Å². The molecule has 0 aliphatic carbocycles. The summed E-state index contributed by atoms with van der Waals surface area (Å²) in [5.41, 5.74) is -2.50. The molecular formula is C21H17F5N6O. The molecule has 2 aromatic heterocycles. The quantitative estimate of drug-likeness (QED) is 0.335.